The van der Waals surface area contributed by atoms with Gasteiger partial charge < -0.3 is 10.8 Å². The number of nitrogens with zero attached hydrogens (tertiary/aromatic N) is 3. The van der Waals surface area contributed by atoms with Crippen LogP contribution in [-0.2, 0) is 0 Å². The average Bonchev–Trinajstić information content (AvgIpc) is 2.53. The normalized spacial score (nSPS) is 11.1. The maximum absolute atomic E-state index is 11.8. The van der Waals surface area contributed by atoms with Gasteiger partial charge in [0.25, 0.3) is 5.56 Å². The molecule has 8 nitrogen and oxygen atoms in total. The number of rotatable bonds is 3. The monoisotopic (exact) mass is 309 g/mol. The minimum absolute atomic E-state index is 0.0152. The third-order valence-electron chi connectivity index (χ3n) is 3.06. The lowest BCUT2D eigenvalue weighted by Gasteiger charge is -1.99. The zero-order chi connectivity index (χ0) is 16.4. The zero-order valence-corrected chi connectivity index (χ0v) is 11.7. The van der Waals surface area contributed by atoms with Gasteiger partial charge in [0.1, 0.15) is 0 Å². The van der Waals surface area contributed by atoms with Crippen LogP contribution < -0.4 is 11.3 Å². The molecular formula is C15H11N5O3. The van der Waals surface area contributed by atoms with Crippen molar-refractivity contribution in [2.45, 2.75) is 0 Å². The van der Waals surface area contributed by atoms with Crippen LogP contribution in [0.5, 0.6) is 0 Å². The van der Waals surface area contributed by atoms with E-state index in [9.17, 15) is 9.59 Å². The molecule has 0 aliphatic rings. The molecule has 2 aromatic heterocycles. The van der Waals surface area contributed by atoms with Crippen LogP contribution in [0.4, 0.5) is 5.95 Å². The highest BCUT2D eigenvalue weighted by molar-refractivity contribution is 5.88. The van der Waals surface area contributed by atoms with Crippen LogP contribution in [0.15, 0.2) is 35.3 Å². The van der Waals surface area contributed by atoms with Crippen molar-refractivity contribution < 1.29 is 9.90 Å². The Labute approximate surface area is 129 Å². The molecule has 3 rings (SSSR count). The summed E-state index contributed by atoms with van der Waals surface area (Å²) in [6, 6.07) is 6.35. The topological polar surface area (TPSA) is 135 Å². The number of aromatic nitrogens is 4. The first-order chi connectivity index (χ1) is 11.0. The summed E-state index contributed by atoms with van der Waals surface area (Å²) in [5.41, 5.74) is 6.73. The predicted molar refractivity (Wildman–Crippen MR) is 84.7 cm³/mol. The lowest BCUT2D eigenvalue weighted by Crippen LogP contribution is -2.13. The van der Waals surface area contributed by atoms with E-state index < -0.39 is 11.5 Å². The van der Waals surface area contributed by atoms with Crippen molar-refractivity contribution in [1.82, 2.24) is 19.9 Å². The SMILES string of the molecule is Nc1nc2ncc(/C=C/c3ccc(C(=O)O)cc3)nc2c(=O)[nH]1. The van der Waals surface area contributed by atoms with E-state index in [2.05, 4.69) is 19.9 Å². The summed E-state index contributed by atoms with van der Waals surface area (Å²) in [4.78, 5) is 37.0. The second kappa shape index (κ2) is 5.68. The molecule has 0 atom stereocenters. The Bertz CT molecular complexity index is 977. The number of H-pyrrole nitrogens is 1. The first-order valence-corrected chi connectivity index (χ1v) is 6.57. The van der Waals surface area contributed by atoms with Crippen LogP contribution in [0.2, 0.25) is 0 Å². The van der Waals surface area contributed by atoms with Gasteiger partial charge in [-0.25, -0.2) is 14.8 Å². The fourth-order valence-corrected chi connectivity index (χ4v) is 1.95. The number of carboxylic acid groups (broad SMARTS) is 1. The molecule has 23 heavy (non-hydrogen) atoms. The number of carboxylic acids is 1. The second-order valence-corrected chi connectivity index (χ2v) is 4.68. The molecule has 2 heterocycles. The molecule has 0 fully saturated rings. The number of nitrogens with one attached hydrogen (secondary N) is 1. The van der Waals surface area contributed by atoms with Gasteiger partial charge in [0, 0.05) is 0 Å². The average molecular weight is 309 g/mol. The summed E-state index contributed by atoms with van der Waals surface area (Å²) in [5, 5.41) is 8.85. The quantitative estimate of drug-likeness (QED) is 0.660. The van der Waals surface area contributed by atoms with E-state index >= 15 is 0 Å². The van der Waals surface area contributed by atoms with Crippen LogP contribution in [0, 0.1) is 0 Å². The Kier molecular flexibility index (Phi) is 3.55. The number of hydrogen-bond acceptors (Lipinski definition) is 6. The Morgan fingerprint density at radius 2 is 1.91 bits per heavy atom. The highest BCUT2D eigenvalue weighted by Gasteiger charge is 2.05. The third-order valence-corrected chi connectivity index (χ3v) is 3.06. The maximum atomic E-state index is 11.8. The first kappa shape index (κ1) is 14.4. The molecule has 0 bridgehead atoms. The van der Waals surface area contributed by atoms with E-state index in [-0.39, 0.29) is 22.7 Å². The number of hydrogen-bond donors (Lipinski definition) is 3. The van der Waals surface area contributed by atoms with Gasteiger partial charge in [-0.05, 0) is 23.8 Å². The Hall–Kier alpha value is -3.55. The van der Waals surface area contributed by atoms with Crippen molar-refractivity contribution in [2.75, 3.05) is 5.73 Å². The second-order valence-electron chi connectivity index (χ2n) is 4.68. The largest absolute Gasteiger partial charge is 0.478 e. The van der Waals surface area contributed by atoms with E-state index in [0.29, 0.717) is 5.69 Å². The highest BCUT2D eigenvalue weighted by atomic mass is 16.4. The smallest absolute Gasteiger partial charge is 0.335 e. The molecule has 0 aliphatic carbocycles. The number of benzene rings is 1. The number of aromatic amines is 1. The van der Waals surface area contributed by atoms with Crippen molar-refractivity contribution in [3.63, 3.8) is 0 Å². The van der Waals surface area contributed by atoms with Crippen LogP contribution in [-0.4, -0.2) is 31.0 Å². The van der Waals surface area contributed by atoms with Gasteiger partial charge in [0.05, 0.1) is 17.5 Å². The lowest BCUT2D eigenvalue weighted by molar-refractivity contribution is 0.0697. The van der Waals surface area contributed by atoms with Crippen molar-refractivity contribution >= 4 is 35.2 Å². The number of carbonyl (C=O) groups is 1. The van der Waals surface area contributed by atoms with Crippen LogP contribution in [0.1, 0.15) is 21.6 Å². The Morgan fingerprint density at radius 3 is 2.61 bits per heavy atom. The van der Waals surface area contributed by atoms with Crippen molar-refractivity contribution in [3.05, 3.63) is 57.6 Å². The molecule has 0 saturated carbocycles. The molecule has 8 heteroatoms. The molecule has 114 valence electrons. The van der Waals surface area contributed by atoms with Gasteiger partial charge >= 0.3 is 5.97 Å². The maximum Gasteiger partial charge on any atom is 0.335 e. The van der Waals surface area contributed by atoms with Crippen molar-refractivity contribution in [3.8, 4) is 0 Å². The van der Waals surface area contributed by atoms with E-state index in [4.69, 9.17) is 10.8 Å². The van der Waals surface area contributed by atoms with Crippen molar-refractivity contribution in [2.24, 2.45) is 0 Å². The summed E-state index contributed by atoms with van der Waals surface area (Å²) in [6.45, 7) is 0. The van der Waals surface area contributed by atoms with Gasteiger partial charge in [0.2, 0.25) is 5.95 Å². The summed E-state index contributed by atoms with van der Waals surface area (Å²) in [6.07, 6.45) is 4.87. The molecule has 0 saturated heterocycles. The fraction of sp³-hybridized carbons (Fsp3) is 0. The summed E-state index contributed by atoms with van der Waals surface area (Å²) in [5.74, 6) is -0.995. The molecule has 0 amide bonds. The molecular weight excluding hydrogens is 298 g/mol. The van der Waals surface area contributed by atoms with Crippen LogP contribution >= 0.6 is 0 Å². The standard InChI is InChI=1S/C15H11N5O3/c16-15-19-12-11(13(21)20-15)18-10(7-17-12)6-3-8-1-4-9(5-2-8)14(22)23/h1-7H,(H,22,23)(H3,16,17,19,20,21)/b6-3+. The summed E-state index contributed by atoms with van der Waals surface area (Å²) < 4.78 is 0. The number of fused-ring (bicyclic) bond motifs is 1. The number of anilines is 1. The zero-order valence-electron chi connectivity index (χ0n) is 11.7. The van der Waals surface area contributed by atoms with Gasteiger partial charge in [-0.2, -0.15) is 4.98 Å². The van der Waals surface area contributed by atoms with Crippen LogP contribution in [0.25, 0.3) is 23.3 Å². The highest BCUT2D eigenvalue weighted by Crippen LogP contribution is 2.10. The summed E-state index contributed by atoms with van der Waals surface area (Å²) >= 11 is 0. The molecule has 3 aromatic rings. The van der Waals surface area contributed by atoms with Crippen molar-refractivity contribution in [1.29, 1.82) is 0 Å². The predicted octanol–water partition coefficient (Wildman–Crippen LogP) is 1.16. The number of nitrogens with two attached hydrogens (primary N) is 1. The number of aromatic carboxylic acids is 1. The number of nitrogen functional groups attached to an aromatic ring is 1. The lowest BCUT2D eigenvalue weighted by atomic mass is 10.1. The minimum Gasteiger partial charge on any atom is -0.478 e. The van der Waals surface area contributed by atoms with E-state index in [1.807, 2.05) is 0 Å². The van der Waals surface area contributed by atoms with Gasteiger partial charge in [-0.15, -0.1) is 0 Å². The first-order valence-electron chi connectivity index (χ1n) is 6.57. The van der Waals surface area contributed by atoms with Crippen LogP contribution in [0.3, 0.4) is 0 Å². The van der Waals surface area contributed by atoms with Gasteiger partial charge in [-0.1, -0.05) is 18.2 Å². The van der Waals surface area contributed by atoms with E-state index in [1.54, 1.807) is 24.3 Å². The molecule has 1 aromatic carbocycles. The Balaban J connectivity index is 1.91. The van der Waals surface area contributed by atoms with E-state index in [1.165, 1.54) is 18.3 Å². The summed E-state index contributed by atoms with van der Waals surface area (Å²) in [7, 11) is 0. The van der Waals surface area contributed by atoms with Gasteiger partial charge in [0.15, 0.2) is 11.2 Å². The molecule has 4 N–H and O–H groups in total. The molecule has 0 unspecified atom stereocenters. The fourth-order valence-electron chi connectivity index (χ4n) is 1.95. The van der Waals surface area contributed by atoms with E-state index in [0.717, 1.165) is 5.56 Å². The minimum atomic E-state index is -0.980. The Morgan fingerprint density at radius 1 is 1.17 bits per heavy atom. The molecule has 0 spiro atoms. The molecule has 0 aliphatic heterocycles. The third kappa shape index (κ3) is 3.05. The van der Waals surface area contributed by atoms with Gasteiger partial charge in [-0.3, -0.25) is 9.78 Å². The molecule has 0 radical (unpaired) electrons.